The number of ether oxygens (including phenoxy) is 2. The molecule has 2 atom stereocenters. The first kappa shape index (κ1) is 16.2. The van der Waals surface area contributed by atoms with E-state index in [1.54, 1.807) is 14.2 Å². The minimum atomic E-state index is 0.111. The summed E-state index contributed by atoms with van der Waals surface area (Å²) in [6, 6.07) is 4.21. The molecule has 0 amide bonds. The molecule has 1 aliphatic heterocycles. The minimum Gasteiger partial charge on any atom is -0.377 e. The second-order valence-corrected chi connectivity index (χ2v) is 6.00. The van der Waals surface area contributed by atoms with Crippen LogP contribution in [0.4, 0.5) is 5.82 Å². The number of pyridine rings is 1. The monoisotopic (exact) mass is 293 g/mol. The van der Waals surface area contributed by atoms with Gasteiger partial charge in [0.05, 0.1) is 0 Å². The fraction of sp³-hybridized carbons (Fsp3) is 0.688. The van der Waals surface area contributed by atoms with Gasteiger partial charge in [0.25, 0.3) is 0 Å². The second kappa shape index (κ2) is 7.73. The van der Waals surface area contributed by atoms with Crippen molar-refractivity contribution < 1.29 is 9.47 Å². The van der Waals surface area contributed by atoms with E-state index in [4.69, 9.17) is 9.47 Å². The number of nitrogens with one attached hydrogen (secondary N) is 1. The van der Waals surface area contributed by atoms with Crippen molar-refractivity contribution in [3.05, 3.63) is 23.9 Å². The van der Waals surface area contributed by atoms with Crippen LogP contribution in [0.25, 0.3) is 0 Å². The van der Waals surface area contributed by atoms with Crippen molar-refractivity contribution in [3.63, 3.8) is 0 Å². The predicted molar refractivity (Wildman–Crippen MR) is 84.6 cm³/mol. The SMILES string of the molecule is COC1CN(c2cc(CNCC(C)C)ccn2)CC1OC. The van der Waals surface area contributed by atoms with Crippen LogP contribution in [0.2, 0.25) is 0 Å². The van der Waals surface area contributed by atoms with E-state index in [1.807, 2.05) is 6.20 Å². The first-order chi connectivity index (χ1) is 10.1. The summed E-state index contributed by atoms with van der Waals surface area (Å²) in [4.78, 5) is 6.72. The maximum absolute atomic E-state index is 5.48. The Hall–Kier alpha value is -1.17. The number of anilines is 1. The number of rotatable bonds is 7. The van der Waals surface area contributed by atoms with Crippen molar-refractivity contribution in [2.24, 2.45) is 5.92 Å². The standard InChI is InChI=1S/C16H27N3O2/c1-12(2)8-17-9-13-5-6-18-16(7-13)19-10-14(20-3)15(11-19)21-4/h5-7,12,14-15,17H,8-11H2,1-4H3. The first-order valence-corrected chi connectivity index (χ1v) is 7.60. The molecule has 0 aliphatic carbocycles. The molecule has 0 saturated carbocycles. The van der Waals surface area contributed by atoms with Gasteiger partial charge in [0.15, 0.2) is 0 Å². The van der Waals surface area contributed by atoms with E-state index >= 15 is 0 Å². The fourth-order valence-electron chi connectivity index (χ4n) is 2.63. The van der Waals surface area contributed by atoms with Crippen molar-refractivity contribution in [3.8, 4) is 0 Å². The zero-order valence-corrected chi connectivity index (χ0v) is 13.5. The van der Waals surface area contributed by atoms with Crippen LogP contribution in [0, 0.1) is 5.92 Å². The largest absolute Gasteiger partial charge is 0.377 e. The summed E-state index contributed by atoms with van der Waals surface area (Å²) in [5.74, 6) is 1.66. The summed E-state index contributed by atoms with van der Waals surface area (Å²) in [5.41, 5.74) is 1.26. The second-order valence-electron chi connectivity index (χ2n) is 6.00. The molecule has 0 radical (unpaired) electrons. The number of nitrogens with zero attached hydrogens (tertiary/aromatic N) is 2. The molecular formula is C16H27N3O2. The highest BCUT2D eigenvalue weighted by molar-refractivity contribution is 5.43. The summed E-state index contributed by atoms with van der Waals surface area (Å²) in [6.07, 6.45) is 2.10. The van der Waals surface area contributed by atoms with Crippen molar-refractivity contribution in [2.75, 3.05) is 38.8 Å². The van der Waals surface area contributed by atoms with Gasteiger partial charge >= 0.3 is 0 Å². The molecule has 2 rings (SSSR count). The van der Waals surface area contributed by atoms with Crippen molar-refractivity contribution in [1.29, 1.82) is 0 Å². The lowest BCUT2D eigenvalue weighted by Crippen LogP contribution is -2.27. The molecule has 5 heteroatoms. The van der Waals surface area contributed by atoms with Gasteiger partial charge < -0.3 is 19.7 Å². The van der Waals surface area contributed by atoms with Gasteiger partial charge in [-0.1, -0.05) is 13.8 Å². The fourth-order valence-corrected chi connectivity index (χ4v) is 2.63. The quantitative estimate of drug-likeness (QED) is 0.829. The Morgan fingerprint density at radius 2 is 1.95 bits per heavy atom. The van der Waals surface area contributed by atoms with Crippen LogP contribution in [0.1, 0.15) is 19.4 Å². The summed E-state index contributed by atoms with van der Waals surface area (Å²) in [5, 5.41) is 3.46. The molecule has 1 N–H and O–H groups in total. The average molecular weight is 293 g/mol. The van der Waals surface area contributed by atoms with Crippen LogP contribution < -0.4 is 10.2 Å². The molecule has 0 bridgehead atoms. The van der Waals surface area contributed by atoms with Gasteiger partial charge in [-0.3, -0.25) is 0 Å². The highest BCUT2D eigenvalue weighted by Gasteiger charge is 2.33. The van der Waals surface area contributed by atoms with Crippen LogP contribution in [-0.4, -0.2) is 51.0 Å². The van der Waals surface area contributed by atoms with Crippen LogP contribution in [0.15, 0.2) is 18.3 Å². The molecule has 5 nitrogen and oxygen atoms in total. The van der Waals surface area contributed by atoms with Gasteiger partial charge in [-0.2, -0.15) is 0 Å². The Kier molecular flexibility index (Phi) is 5.96. The highest BCUT2D eigenvalue weighted by Crippen LogP contribution is 2.22. The molecule has 21 heavy (non-hydrogen) atoms. The molecule has 1 saturated heterocycles. The number of hydrogen-bond donors (Lipinski definition) is 1. The Morgan fingerprint density at radius 3 is 2.52 bits per heavy atom. The maximum Gasteiger partial charge on any atom is 0.128 e. The predicted octanol–water partition coefficient (Wildman–Crippen LogP) is 1.68. The van der Waals surface area contributed by atoms with Crippen LogP contribution in [0.5, 0.6) is 0 Å². The Morgan fingerprint density at radius 1 is 1.29 bits per heavy atom. The van der Waals surface area contributed by atoms with E-state index in [-0.39, 0.29) is 12.2 Å². The lowest BCUT2D eigenvalue weighted by Gasteiger charge is -2.17. The molecular weight excluding hydrogens is 266 g/mol. The normalized spacial score (nSPS) is 22.2. The Bertz CT molecular complexity index is 427. The molecule has 2 heterocycles. The summed E-state index contributed by atoms with van der Waals surface area (Å²) < 4.78 is 11.0. The van der Waals surface area contributed by atoms with Gasteiger partial charge in [0.2, 0.25) is 0 Å². The highest BCUT2D eigenvalue weighted by atomic mass is 16.5. The van der Waals surface area contributed by atoms with Gasteiger partial charge in [-0.15, -0.1) is 0 Å². The Labute approximate surface area is 127 Å². The van der Waals surface area contributed by atoms with Crippen LogP contribution in [-0.2, 0) is 16.0 Å². The van der Waals surface area contributed by atoms with Gasteiger partial charge in [-0.05, 0) is 30.2 Å². The first-order valence-electron chi connectivity index (χ1n) is 7.60. The van der Waals surface area contributed by atoms with Gasteiger partial charge in [-0.25, -0.2) is 4.98 Å². The van der Waals surface area contributed by atoms with E-state index < -0.39 is 0 Å². The maximum atomic E-state index is 5.48. The lowest BCUT2D eigenvalue weighted by molar-refractivity contribution is -0.00461. The van der Waals surface area contributed by atoms with Crippen LogP contribution in [0.3, 0.4) is 0 Å². The summed E-state index contributed by atoms with van der Waals surface area (Å²) >= 11 is 0. The van der Waals surface area contributed by atoms with E-state index in [2.05, 4.69) is 41.2 Å². The van der Waals surface area contributed by atoms with Crippen LogP contribution >= 0.6 is 0 Å². The minimum absolute atomic E-state index is 0.111. The smallest absolute Gasteiger partial charge is 0.128 e. The summed E-state index contributed by atoms with van der Waals surface area (Å²) in [7, 11) is 3.47. The molecule has 1 aliphatic rings. The molecule has 1 aromatic heterocycles. The number of hydrogen-bond acceptors (Lipinski definition) is 5. The van der Waals surface area contributed by atoms with E-state index in [0.29, 0.717) is 5.92 Å². The number of aromatic nitrogens is 1. The van der Waals surface area contributed by atoms with Crippen molar-refractivity contribution >= 4 is 5.82 Å². The van der Waals surface area contributed by atoms with Gasteiger partial charge in [0.1, 0.15) is 18.0 Å². The average Bonchev–Trinajstić information content (AvgIpc) is 2.90. The third-order valence-electron chi connectivity index (χ3n) is 3.84. The van der Waals surface area contributed by atoms with E-state index in [1.165, 1.54) is 5.56 Å². The Balaban J connectivity index is 1.97. The molecule has 0 spiro atoms. The lowest BCUT2D eigenvalue weighted by atomic mass is 10.2. The zero-order chi connectivity index (χ0) is 15.2. The molecule has 2 unspecified atom stereocenters. The van der Waals surface area contributed by atoms with E-state index in [9.17, 15) is 0 Å². The summed E-state index contributed by atoms with van der Waals surface area (Å²) in [6.45, 7) is 7.98. The van der Waals surface area contributed by atoms with Crippen molar-refractivity contribution in [1.82, 2.24) is 10.3 Å². The zero-order valence-electron chi connectivity index (χ0n) is 13.5. The molecule has 118 valence electrons. The molecule has 0 aromatic carbocycles. The van der Waals surface area contributed by atoms with Crippen molar-refractivity contribution in [2.45, 2.75) is 32.6 Å². The van der Waals surface area contributed by atoms with Gasteiger partial charge in [0, 0.05) is 40.1 Å². The molecule has 1 fully saturated rings. The number of methoxy groups -OCH3 is 2. The third-order valence-corrected chi connectivity index (χ3v) is 3.84. The topological polar surface area (TPSA) is 46.6 Å². The molecule has 1 aromatic rings. The van der Waals surface area contributed by atoms with E-state index in [0.717, 1.165) is 32.0 Å². The third kappa shape index (κ3) is 4.40.